The molecule has 1 fully saturated rings. The molecule has 3 rings (SSSR count). The van der Waals surface area contributed by atoms with Gasteiger partial charge >= 0.3 is 6.18 Å². The van der Waals surface area contributed by atoms with E-state index in [1.165, 1.54) is 18.3 Å². The Kier molecular flexibility index (Phi) is 6.11. The lowest BCUT2D eigenvalue weighted by molar-refractivity contribution is -0.148. The molecule has 0 radical (unpaired) electrons. The van der Waals surface area contributed by atoms with Crippen molar-refractivity contribution in [3.05, 3.63) is 35.5 Å². The largest absolute Gasteiger partial charge is 0.412 e. The lowest BCUT2D eigenvalue weighted by Gasteiger charge is -2.31. The number of aromatic nitrogens is 1. The Hall–Kier alpha value is -2.56. The number of hydrogen-bond acceptors (Lipinski definition) is 4. The number of carbonyl (C=O) groups excluding carboxylic acids is 2. The van der Waals surface area contributed by atoms with E-state index < -0.39 is 36.0 Å². The van der Waals surface area contributed by atoms with Crippen molar-refractivity contribution in [1.29, 1.82) is 0 Å². The van der Waals surface area contributed by atoms with Crippen molar-refractivity contribution in [2.24, 2.45) is 11.7 Å². The van der Waals surface area contributed by atoms with Crippen LogP contribution in [0.15, 0.2) is 30.0 Å². The molecule has 11 heteroatoms. The van der Waals surface area contributed by atoms with Gasteiger partial charge in [-0.1, -0.05) is 0 Å². The molecule has 0 aromatic carbocycles. The average molecular weight is 432 g/mol. The minimum atomic E-state index is -4.58. The third-order valence-corrected chi connectivity index (χ3v) is 5.34. The fourth-order valence-corrected chi connectivity index (χ4v) is 3.59. The second-order valence-corrected chi connectivity index (χ2v) is 7.62. The van der Waals surface area contributed by atoms with Crippen LogP contribution in [0.3, 0.4) is 0 Å². The number of amides is 2. The minimum absolute atomic E-state index is 0.0411. The topological polar surface area (TPSA) is 97.1 Å². The first-order valence-electron chi connectivity index (χ1n) is 9.42. The zero-order valence-corrected chi connectivity index (χ0v) is 15.8. The van der Waals surface area contributed by atoms with E-state index >= 15 is 0 Å². The van der Waals surface area contributed by atoms with Gasteiger partial charge in [0, 0.05) is 31.0 Å². The first-order chi connectivity index (χ1) is 13.9. The van der Waals surface area contributed by atoms with Crippen LogP contribution >= 0.6 is 0 Å². The molecule has 164 valence electrons. The Morgan fingerprint density at radius 3 is 2.60 bits per heavy atom. The van der Waals surface area contributed by atoms with Gasteiger partial charge in [0.05, 0.1) is 6.04 Å². The van der Waals surface area contributed by atoms with Crippen LogP contribution in [-0.2, 0) is 16.0 Å². The molecule has 1 unspecified atom stereocenters. The van der Waals surface area contributed by atoms with Gasteiger partial charge in [0.2, 0.25) is 17.7 Å². The van der Waals surface area contributed by atoms with Gasteiger partial charge < -0.3 is 16.4 Å². The third kappa shape index (κ3) is 5.32. The van der Waals surface area contributed by atoms with Crippen LogP contribution in [0, 0.1) is 5.92 Å². The number of carbonyl (C=O) groups is 2. The molecule has 2 aliphatic rings. The quantitative estimate of drug-likeness (QED) is 0.624. The van der Waals surface area contributed by atoms with E-state index in [4.69, 9.17) is 5.73 Å². The molecule has 1 aliphatic heterocycles. The highest BCUT2D eigenvalue weighted by molar-refractivity contribution is 5.97. The smallest absolute Gasteiger partial charge is 0.337 e. The number of pyridine rings is 1. The van der Waals surface area contributed by atoms with Crippen molar-refractivity contribution >= 4 is 17.6 Å². The standard InChI is InChI=1S/C19H21F5N4O2/c20-18(21)4-1-11(2-5-18)15(25)17(30)28-14-8-10(3-6-26-14)7-12-9-13(19(22,23)24)27-16(12)29/h3,6,8-9,11,13,15H,1-2,4-5,7,25H2,(H,27,29)(H,26,28,30)/t13?,15-/m0/s1. The summed E-state index contributed by atoms with van der Waals surface area (Å²) in [4.78, 5) is 28.1. The second-order valence-electron chi connectivity index (χ2n) is 7.62. The minimum Gasteiger partial charge on any atom is -0.337 e. The molecular weight excluding hydrogens is 411 g/mol. The van der Waals surface area contributed by atoms with Crippen LogP contribution in [0.2, 0.25) is 0 Å². The van der Waals surface area contributed by atoms with E-state index in [1.807, 2.05) is 5.32 Å². The Morgan fingerprint density at radius 2 is 2.00 bits per heavy atom. The first-order valence-corrected chi connectivity index (χ1v) is 9.42. The van der Waals surface area contributed by atoms with Crippen LogP contribution in [-0.4, -0.2) is 41.0 Å². The van der Waals surface area contributed by atoms with E-state index in [2.05, 4.69) is 10.3 Å². The van der Waals surface area contributed by atoms with Gasteiger partial charge in [-0.2, -0.15) is 13.2 Å². The average Bonchev–Trinajstić information content (AvgIpc) is 3.02. The van der Waals surface area contributed by atoms with Crippen LogP contribution in [0.4, 0.5) is 27.8 Å². The summed E-state index contributed by atoms with van der Waals surface area (Å²) in [5, 5.41) is 4.36. The van der Waals surface area contributed by atoms with Gasteiger partial charge in [0.25, 0.3) is 0 Å². The number of nitrogens with two attached hydrogens (primary N) is 1. The number of anilines is 1. The highest BCUT2D eigenvalue weighted by Gasteiger charge is 2.43. The highest BCUT2D eigenvalue weighted by Crippen LogP contribution is 2.37. The van der Waals surface area contributed by atoms with Gasteiger partial charge in [-0.05, 0) is 42.5 Å². The number of rotatable bonds is 5. The number of nitrogens with zero attached hydrogens (tertiary/aromatic N) is 1. The summed E-state index contributed by atoms with van der Waals surface area (Å²) in [7, 11) is 0. The summed E-state index contributed by atoms with van der Waals surface area (Å²) < 4.78 is 64.8. The zero-order valence-electron chi connectivity index (χ0n) is 15.8. The summed E-state index contributed by atoms with van der Waals surface area (Å²) in [6.45, 7) is 0. The van der Waals surface area contributed by atoms with Crippen molar-refractivity contribution in [3.8, 4) is 0 Å². The molecule has 1 aromatic rings. The summed E-state index contributed by atoms with van der Waals surface area (Å²) in [6.07, 6.45) is -2.84. The Bertz CT molecular complexity index is 846. The summed E-state index contributed by atoms with van der Waals surface area (Å²) >= 11 is 0. The molecule has 2 atom stereocenters. The molecule has 30 heavy (non-hydrogen) atoms. The fourth-order valence-electron chi connectivity index (χ4n) is 3.59. The summed E-state index contributed by atoms with van der Waals surface area (Å²) in [5.41, 5.74) is 6.35. The molecule has 2 amide bonds. The van der Waals surface area contributed by atoms with Gasteiger partial charge in [0.15, 0.2) is 0 Å². The Morgan fingerprint density at radius 1 is 1.33 bits per heavy atom. The first kappa shape index (κ1) is 22.1. The fraction of sp³-hybridized carbons (Fsp3) is 0.526. The van der Waals surface area contributed by atoms with Crippen LogP contribution < -0.4 is 16.4 Å². The molecule has 0 spiro atoms. The van der Waals surface area contributed by atoms with E-state index in [9.17, 15) is 31.5 Å². The Balaban J connectivity index is 1.62. The molecule has 0 bridgehead atoms. The normalized spacial score (nSPS) is 22.9. The summed E-state index contributed by atoms with van der Waals surface area (Å²) in [6, 6.07) is -0.0769. The highest BCUT2D eigenvalue weighted by atomic mass is 19.4. The van der Waals surface area contributed by atoms with E-state index in [0.717, 1.165) is 6.08 Å². The predicted octanol–water partition coefficient (Wildman–Crippen LogP) is 2.70. The SMILES string of the molecule is N[C@H](C(=O)Nc1cc(CC2=CC(C(F)(F)F)NC2=O)ccn1)C1CCC(F)(F)CC1. The lowest BCUT2D eigenvalue weighted by atomic mass is 9.82. The predicted molar refractivity (Wildman–Crippen MR) is 97.5 cm³/mol. The van der Waals surface area contributed by atoms with Gasteiger partial charge in [-0.15, -0.1) is 0 Å². The van der Waals surface area contributed by atoms with Gasteiger partial charge in [-0.3, -0.25) is 9.59 Å². The molecule has 6 nitrogen and oxygen atoms in total. The maximum absolute atomic E-state index is 13.3. The van der Waals surface area contributed by atoms with Crippen molar-refractivity contribution in [1.82, 2.24) is 10.3 Å². The van der Waals surface area contributed by atoms with Crippen molar-refractivity contribution in [3.63, 3.8) is 0 Å². The zero-order chi connectivity index (χ0) is 22.1. The third-order valence-electron chi connectivity index (χ3n) is 5.34. The second kappa shape index (κ2) is 8.29. The number of hydrogen-bond donors (Lipinski definition) is 3. The number of alkyl halides is 5. The number of nitrogens with one attached hydrogen (secondary N) is 2. The number of halogens is 5. The van der Waals surface area contributed by atoms with Crippen LogP contribution in [0.1, 0.15) is 31.2 Å². The lowest BCUT2D eigenvalue weighted by Crippen LogP contribution is -2.44. The molecule has 1 aliphatic carbocycles. The molecular formula is C19H21F5N4O2. The summed E-state index contributed by atoms with van der Waals surface area (Å²) in [5.74, 6) is -4.38. The maximum atomic E-state index is 13.3. The van der Waals surface area contributed by atoms with Gasteiger partial charge in [0.1, 0.15) is 11.9 Å². The van der Waals surface area contributed by atoms with Gasteiger partial charge in [-0.25, -0.2) is 13.8 Å². The van der Waals surface area contributed by atoms with Crippen LogP contribution in [0.5, 0.6) is 0 Å². The molecule has 1 aromatic heterocycles. The maximum Gasteiger partial charge on any atom is 0.412 e. The van der Waals surface area contributed by atoms with E-state index in [0.29, 0.717) is 5.56 Å². The molecule has 2 heterocycles. The molecule has 1 saturated carbocycles. The monoisotopic (exact) mass is 432 g/mol. The van der Waals surface area contributed by atoms with E-state index in [-0.39, 0.29) is 49.4 Å². The van der Waals surface area contributed by atoms with Crippen LogP contribution in [0.25, 0.3) is 0 Å². The van der Waals surface area contributed by atoms with E-state index in [1.54, 1.807) is 0 Å². The van der Waals surface area contributed by atoms with Crippen molar-refractivity contribution in [2.75, 3.05) is 5.32 Å². The molecule has 4 N–H and O–H groups in total. The Labute approximate surface area is 169 Å². The molecule has 0 saturated heterocycles. The van der Waals surface area contributed by atoms with Crippen molar-refractivity contribution < 1.29 is 31.5 Å². The van der Waals surface area contributed by atoms with Crippen molar-refractivity contribution in [2.45, 2.75) is 56.3 Å².